The van der Waals surface area contributed by atoms with Gasteiger partial charge in [-0.25, -0.2) is 0 Å². The van der Waals surface area contributed by atoms with Crippen molar-refractivity contribution >= 4 is 5.95 Å². The molecule has 5 heteroatoms. The molecule has 116 valence electrons. The molecule has 0 amide bonds. The quantitative estimate of drug-likeness (QED) is 0.715. The zero-order valence-electron chi connectivity index (χ0n) is 13.6. The molecule has 0 aromatic carbocycles. The van der Waals surface area contributed by atoms with Gasteiger partial charge in [0, 0.05) is 25.6 Å². The van der Waals surface area contributed by atoms with E-state index in [1.54, 1.807) is 0 Å². The summed E-state index contributed by atoms with van der Waals surface area (Å²) in [5.41, 5.74) is 0. The van der Waals surface area contributed by atoms with Crippen molar-refractivity contribution in [2.24, 2.45) is 5.92 Å². The summed E-state index contributed by atoms with van der Waals surface area (Å²) in [6.07, 6.45) is 3.08. The largest absolute Gasteiger partial charge is 0.339 e. The molecule has 1 rings (SSSR count). The summed E-state index contributed by atoms with van der Waals surface area (Å²) in [7, 11) is 0. The van der Waals surface area contributed by atoms with Gasteiger partial charge in [0.15, 0.2) is 0 Å². The van der Waals surface area contributed by atoms with Crippen LogP contribution in [0.5, 0.6) is 0 Å². The molecule has 0 saturated carbocycles. The van der Waals surface area contributed by atoms with Crippen LogP contribution in [-0.4, -0.2) is 35.8 Å². The summed E-state index contributed by atoms with van der Waals surface area (Å²) < 4.78 is 5.40. The van der Waals surface area contributed by atoms with Gasteiger partial charge in [-0.05, 0) is 44.3 Å². The fourth-order valence-corrected chi connectivity index (χ4v) is 2.33. The zero-order chi connectivity index (χ0) is 15.0. The first-order valence-corrected chi connectivity index (χ1v) is 7.91. The zero-order valence-corrected chi connectivity index (χ0v) is 13.6. The molecule has 1 aromatic rings. The minimum atomic E-state index is 0.417. The molecular formula is C15H30N4O. The van der Waals surface area contributed by atoms with Crippen molar-refractivity contribution in [2.75, 3.05) is 24.5 Å². The summed E-state index contributed by atoms with van der Waals surface area (Å²) in [6, 6.07) is 0.417. The molecule has 0 aliphatic heterocycles. The van der Waals surface area contributed by atoms with Gasteiger partial charge >= 0.3 is 0 Å². The van der Waals surface area contributed by atoms with E-state index in [2.05, 4.69) is 55.0 Å². The lowest BCUT2D eigenvalue weighted by Crippen LogP contribution is -2.33. The number of hydrogen-bond acceptors (Lipinski definition) is 5. The van der Waals surface area contributed by atoms with Gasteiger partial charge in [-0.15, -0.1) is 0 Å². The van der Waals surface area contributed by atoms with Crippen LogP contribution in [0.4, 0.5) is 5.95 Å². The first-order chi connectivity index (χ1) is 9.60. The van der Waals surface area contributed by atoms with Crippen LogP contribution in [0, 0.1) is 5.92 Å². The molecule has 0 aliphatic carbocycles. The van der Waals surface area contributed by atoms with Gasteiger partial charge in [0.1, 0.15) is 0 Å². The van der Waals surface area contributed by atoms with Crippen LogP contribution in [0.3, 0.4) is 0 Å². The van der Waals surface area contributed by atoms with E-state index in [1.807, 2.05) is 0 Å². The van der Waals surface area contributed by atoms with Crippen molar-refractivity contribution < 1.29 is 4.52 Å². The minimum absolute atomic E-state index is 0.417. The Morgan fingerprint density at radius 3 is 2.45 bits per heavy atom. The van der Waals surface area contributed by atoms with Gasteiger partial charge in [-0.3, -0.25) is 0 Å². The number of nitrogens with zero attached hydrogens (tertiary/aromatic N) is 3. The van der Waals surface area contributed by atoms with Crippen molar-refractivity contribution in [3.63, 3.8) is 0 Å². The van der Waals surface area contributed by atoms with E-state index in [0.717, 1.165) is 44.8 Å². The fourth-order valence-electron chi connectivity index (χ4n) is 2.33. The van der Waals surface area contributed by atoms with Crippen LogP contribution in [-0.2, 0) is 6.42 Å². The van der Waals surface area contributed by atoms with E-state index in [0.29, 0.717) is 17.9 Å². The molecule has 1 N–H and O–H groups in total. The first kappa shape index (κ1) is 17.0. The van der Waals surface area contributed by atoms with Crippen LogP contribution in [0.1, 0.15) is 53.4 Å². The molecule has 5 nitrogen and oxygen atoms in total. The van der Waals surface area contributed by atoms with E-state index in [1.165, 1.54) is 0 Å². The van der Waals surface area contributed by atoms with Crippen molar-refractivity contribution in [1.29, 1.82) is 0 Å². The molecule has 0 fully saturated rings. The Bertz CT molecular complexity index is 361. The highest BCUT2D eigenvalue weighted by Crippen LogP contribution is 2.13. The van der Waals surface area contributed by atoms with E-state index in [-0.39, 0.29) is 0 Å². The number of aromatic nitrogens is 2. The van der Waals surface area contributed by atoms with Crippen LogP contribution in [0.2, 0.25) is 0 Å². The molecule has 1 atom stereocenters. The lowest BCUT2D eigenvalue weighted by atomic mass is 10.0. The average molecular weight is 282 g/mol. The molecule has 0 spiro atoms. The van der Waals surface area contributed by atoms with Gasteiger partial charge in [-0.1, -0.05) is 20.8 Å². The predicted octanol–water partition coefficient (Wildman–Crippen LogP) is 2.87. The first-order valence-electron chi connectivity index (χ1n) is 7.91. The van der Waals surface area contributed by atoms with Gasteiger partial charge in [0.25, 0.3) is 5.95 Å². The second-order valence-corrected chi connectivity index (χ2v) is 5.65. The fraction of sp³-hybridized carbons (Fsp3) is 0.867. The Morgan fingerprint density at radius 1 is 1.20 bits per heavy atom. The second kappa shape index (κ2) is 8.95. The van der Waals surface area contributed by atoms with Crippen LogP contribution < -0.4 is 10.2 Å². The third kappa shape index (κ3) is 5.49. The van der Waals surface area contributed by atoms with Crippen molar-refractivity contribution in [1.82, 2.24) is 15.5 Å². The number of anilines is 1. The average Bonchev–Trinajstić information content (AvgIpc) is 2.85. The van der Waals surface area contributed by atoms with Crippen LogP contribution in [0.15, 0.2) is 4.52 Å². The number of rotatable bonds is 10. The Balaban J connectivity index is 2.63. The van der Waals surface area contributed by atoms with E-state index in [9.17, 15) is 0 Å². The second-order valence-electron chi connectivity index (χ2n) is 5.65. The van der Waals surface area contributed by atoms with Crippen molar-refractivity contribution in [3.05, 3.63) is 5.89 Å². The monoisotopic (exact) mass is 282 g/mol. The number of hydrogen-bond donors (Lipinski definition) is 1. The Labute approximate surface area is 123 Å². The van der Waals surface area contributed by atoms with Crippen molar-refractivity contribution in [3.8, 4) is 0 Å². The van der Waals surface area contributed by atoms with Gasteiger partial charge < -0.3 is 14.7 Å². The highest BCUT2D eigenvalue weighted by atomic mass is 16.5. The third-order valence-electron chi connectivity index (χ3n) is 3.36. The van der Waals surface area contributed by atoms with E-state index < -0.39 is 0 Å². The van der Waals surface area contributed by atoms with Crippen LogP contribution in [0.25, 0.3) is 0 Å². The van der Waals surface area contributed by atoms with Gasteiger partial charge in [-0.2, -0.15) is 4.98 Å². The summed E-state index contributed by atoms with van der Waals surface area (Å²) in [5, 5.41) is 7.66. The maximum Gasteiger partial charge on any atom is 0.266 e. The van der Waals surface area contributed by atoms with E-state index in [4.69, 9.17) is 4.52 Å². The molecule has 1 heterocycles. The standard InChI is InChI=1S/C15H30N4O/c1-6-9-16-13(10-12(4)5)11-14-17-15(18-20-14)19(7-2)8-3/h12-13,16H,6-11H2,1-5H3. The molecule has 0 bridgehead atoms. The lowest BCUT2D eigenvalue weighted by Gasteiger charge is -2.18. The maximum absolute atomic E-state index is 5.40. The SMILES string of the molecule is CCCNC(Cc1nc(N(CC)CC)no1)CC(C)C. The Kier molecular flexibility index (Phi) is 7.59. The van der Waals surface area contributed by atoms with E-state index >= 15 is 0 Å². The Morgan fingerprint density at radius 2 is 1.90 bits per heavy atom. The lowest BCUT2D eigenvalue weighted by molar-refractivity contribution is 0.337. The molecule has 1 aromatic heterocycles. The van der Waals surface area contributed by atoms with Gasteiger partial charge in [0.2, 0.25) is 5.89 Å². The van der Waals surface area contributed by atoms with Crippen LogP contribution >= 0.6 is 0 Å². The summed E-state index contributed by atoms with van der Waals surface area (Å²) in [6.45, 7) is 13.7. The summed E-state index contributed by atoms with van der Waals surface area (Å²) >= 11 is 0. The molecule has 0 aliphatic rings. The summed E-state index contributed by atoms with van der Waals surface area (Å²) in [4.78, 5) is 6.62. The number of nitrogens with one attached hydrogen (secondary N) is 1. The van der Waals surface area contributed by atoms with Gasteiger partial charge in [0.05, 0.1) is 0 Å². The topological polar surface area (TPSA) is 54.2 Å². The maximum atomic E-state index is 5.40. The predicted molar refractivity (Wildman–Crippen MR) is 83.1 cm³/mol. The molecular weight excluding hydrogens is 252 g/mol. The molecule has 1 unspecified atom stereocenters. The van der Waals surface area contributed by atoms with Crippen molar-refractivity contribution in [2.45, 2.75) is 59.9 Å². The summed E-state index contributed by atoms with van der Waals surface area (Å²) in [5.74, 6) is 2.11. The molecule has 0 radical (unpaired) electrons. The normalized spacial score (nSPS) is 12.9. The smallest absolute Gasteiger partial charge is 0.266 e. The third-order valence-corrected chi connectivity index (χ3v) is 3.36. The molecule has 20 heavy (non-hydrogen) atoms. The minimum Gasteiger partial charge on any atom is -0.339 e. The highest BCUT2D eigenvalue weighted by Gasteiger charge is 2.17. The highest BCUT2D eigenvalue weighted by molar-refractivity contribution is 5.26. The molecule has 0 saturated heterocycles. The Hall–Kier alpha value is -1.10.